The van der Waals surface area contributed by atoms with Crippen LogP contribution in [0.1, 0.15) is 34.2 Å². The molecule has 1 saturated heterocycles. The first-order valence-corrected chi connectivity index (χ1v) is 9.81. The highest BCUT2D eigenvalue weighted by Crippen LogP contribution is 2.28. The van der Waals surface area contributed by atoms with Gasteiger partial charge in [0.15, 0.2) is 11.6 Å². The van der Waals surface area contributed by atoms with E-state index in [2.05, 4.69) is 11.4 Å². The van der Waals surface area contributed by atoms with Crippen LogP contribution in [0.3, 0.4) is 0 Å². The van der Waals surface area contributed by atoms with E-state index in [4.69, 9.17) is 10.7 Å². The minimum Gasteiger partial charge on any atom is -0.366 e. The van der Waals surface area contributed by atoms with Crippen LogP contribution in [0.2, 0.25) is 0 Å². The zero-order chi connectivity index (χ0) is 18.8. The van der Waals surface area contributed by atoms with Crippen LogP contribution in [0.5, 0.6) is 0 Å². The van der Waals surface area contributed by atoms with Gasteiger partial charge in [0.1, 0.15) is 6.04 Å². The fourth-order valence-electron chi connectivity index (χ4n) is 3.59. The number of likely N-dealkylation sites (tertiary alicyclic amines) is 1. The van der Waals surface area contributed by atoms with Gasteiger partial charge in [-0.3, -0.25) is 9.59 Å². The maximum absolute atomic E-state index is 12.5. The molecule has 6 nitrogen and oxygen atoms in total. The second kappa shape index (κ2) is 7.46. The van der Waals surface area contributed by atoms with Crippen molar-refractivity contribution in [3.63, 3.8) is 0 Å². The number of anilines is 1. The van der Waals surface area contributed by atoms with Crippen molar-refractivity contribution in [2.45, 2.75) is 18.9 Å². The largest absolute Gasteiger partial charge is 0.366 e. The van der Waals surface area contributed by atoms with Gasteiger partial charge in [0.2, 0.25) is 5.91 Å². The molecular weight excluding hydrogens is 360 g/mol. The lowest BCUT2D eigenvalue weighted by Crippen LogP contribution is -3.11. The van der Waals surface area contributed by atoms with E-state index in [0.717, 1.165) is 29.9 Å². The van der Waals surface area contributed by atoms with E-state index >= 15 is 0 Å². The third kappa shape index (κ3) is 3.84. The molecule has 7 heteroatoms. The van der Waals surface area contributed by atoms with Gasteiger partial charge in [0, 0.05) is 24.1 Å². The zero-order valence-corrected chi connectivity index (χ0v) is 15.6. The minimum atomic E-state index is -0.479. The van der Waals surface area contributed by atoms with E-state index in [9.17, 15) is 9.59 Å². The van der Waals surface area contributed by atoms with Crippen molar-refractivity contribution in [3.05, 3.63) is 59.1 Å². The average molecular weight is 381 g/mol. The molecule has 138 valence electrons. The summed E-state index contributed by atoms with van der Waals surface area (Å²) < 4.78 is 1.19. The number of benzene rings is 2. The maximum atomic E-state index is 12.5. The number of quaternary nitrogens is 1. The van der Waals surface area contributed by atoms with E-state index in [1.807, 2.05) is 18.2 Å². The fraction of sp³-hybridized carbons (Fsp3) is 0.250. The number of carbonyl (C=O) groups is 2. The molecule has 0 bridgehead atoms. The fourth-order valence-corrected chi connectivity index (χ4v) is 4.75. The van der Waals surface area contributed by atoms with E-state index in [-0.39, 0.29) is 11.9 Å². The number of nitrogens with zero attached hydrogens (tertiary/aromatic N) is 1. The first-order chi connectivity index (χ1) is 13.1. The summed E-state index contributed by atoms with van der Waals surface area (Å²) in [4.78, 5) is 29.7. The lowest BCUT2D eigenvalue weighted by Gasteiger charge is -2.19. The smallest absolute Gasteiger partial charge is 0.279 e. The second-order valence-electron chi connectivity index (χ2n) is 6.79. The summed E-state index contributed by atoms with van der Waals surface area (Å²) in [5.41, 5.74) is 7.36. The van der Waals surface area contributed by atoms with E-state index in [0.29, 0.717) is 17.8 Å². The van der Waals surface area contributed by atoms with Crippen LogP contribution in [0.25, 0.3) is 10.2 Å². The molecule has 27 heavy (non-hydrogen) atoms. The maximum Gasteiger partial charge on any atom is 0.279 e. The molecule has 1 aliphatic rings. The summed E-state index contributed by atoms with van der Waals surface area (Å²) in [5, 5.41) is 4.02. The van der Waals surface area contributed by atoms with E-state index in [1.54, 1.807) is 35.6 Å². The van der Waals surface area contributed by atoms with Crippen molar-refractivity contribution in [2.24, 2.45) is 5.73 Å². The number of nitrogens with one attached hydrogen (secondary N) is 2. The summed E-state index contributed by atoms with van der Waals surface area (Å²) in [6, 6.07) is 15.0. The number of rotatable bonds is 5. The molecule has 3 aromatic rings. The Labute approximate surface area is 161 Å². The predicted molar refractivity (Wildman–Crippen MR) is 106 cm³/mol. The third-order valence-corrected chi connectivity index (χ3v) is 6.08. The molecule has 2 atom stereocenters. The van der Waals surface area contributed by atoms with Gasteiger partial charge in [0.25, 0.3) is 5.91 Å². The van der Waals surface area contributed by atoms with Gasteiger partial charge in [-0.25, -0.2) is 4.98 Å². The number of carbonyl (C=O) groups excluding carboxylic acids is 2. The Hall–Kier alpha value is -2.77. The number of thiazole rings is 1. The standard InChI is InChI=1S/C20H20N4O2S/c21-19(26)13-7-9-14(10-8-13)22-18(25)12-24-11-3-5-16(24)20-23-15-4-1-2-6-17(15)27-20/h1-2,4,6-10,16H,3,5,11-12H2,(H2,21,26)(H,22,25)/p+1/t16-/m0/s1. The van der Waals surface area contributed by atoms with Crippen LogP contribution in [0, 0.1) is 0 Å². The molecule has 0 radical (unpaired) electrons. The number of primary amides is 1. The van der Waals surface area contributed by atoms with Gasteiger partial charge in [0.05, 0.1) is 16.8 Å². The average Bonchev–Trinajstić information content (AvgIpc) is 3.28. The quantitative estimate of drug-likeness (QED) is 0.629. The first-order valence-electron chi connectivity index (χ1n) is 9.00. The molecule has 2 amide bonds. The van der Waals surface area contributed by atoms with E-state index < -0.39 is 5.91 Å². The number of fused-ring (bicyclic) bond motifs is 1. The van der Waals surface area contributed by atoms with Gasteiger partial charge >= 0.3 is 0 Å². The van der Waals surface area contributed by atoms with Gasteiger partial charge < -0.3 is 16.0 Å². The molecule has 1 aliphatic heterocycles. The lowest BCUT2D eigenvalue weighted by atomic mass is 10.2. The van der Waals surface area contributed by atoms with Crippen molar-refractivity contribution < 1.29 is 14.5 Å². The second-order valence-corrected chi connectivity index (χ2v) is 7.85. The van der Waals surface area contributed by atoms with E-state index in [1.165, 1.54) is 9.60 Å². The molecule has 0 aliphatic carbocycles. The number of nitrogens with two attached hydrogens (primary N) is 1. The highest BCUT2D eigenvalue weighted by Gasteiger charge is 2.34. The van der Waals surface area contributed by atoms with Crippen LogP contribution in [0.4, 0.5) is 5.69 Å². The van der Waals surface area contributed by atoms with Crippen molar-refractivity contribution in [1.29, 1.82) is 0 Å². The number of hydrogen-bond donors (Lipinski definition) is 3. The molecule has 1 fully saturated rings. The molecule has 4 rings (SSSR count). The van der Waals surface area contributed by atoms with Crippen LogP contribution in [0.15, 0.2) is 48.5 Å². The van der Waals surface area contributed by atoms with Gasteiger partial charge in [-0.1, -0.05) is 12.1 Å². The summed E-state index contributed by atoms with van der Waals surface area (Å²) in [6.45, 7) is 1.37. The number of amides is 2. The van der Waals surface area contributed by atoms with Crippen LogP contribution in [-0.2, 0) is 4.79 Å². The van der Waals surface area contributed by atoms with Crippen LogP contribution >= 0.6 is 11.3 Å². The Bertz CT molecular complexity index is 950. The Morgan fingerprint density at radius 2 is 1.96 bits per heavy atom. The van der Waals surface area contributed by atoms with Crippen molar-refractivity contribution in [1.82, 2.24) is 4.98 Å². The lowest BCUT2D eigenvalue weighted by molar-refractivity contribution is -0.910. The SMILES string of the molecule is NC(=O)c1ccc(NC(=O)C[NH+]2CCC[C@H]2c2nc3ccccc3s2)cc1. The van der Waals surface area contributed by atoms with Crippen LogP contribution < -0.4 is 16.0 Å². The number of aromatic nitrogens is 1. The van der Waals surface area contributed by atoms with Crippen LogP contribution in [-0.4, -0.2) is 29.9 Å². The van der Waals surface area contributed by atoms with Crippen molar-refractivity contribution in [3.8, 4) is 0 Å². The number of hydrogen-bond acceptors (Lipinski definition) is 4. The molecule has 0 saturated carbocycles. The zero-order valence-electron chi connectivity index (χ0n) is 14.8. The van der Waals surface area contributed by atoms with Gasteiger partial charge in [-0.05, 0) is 36.4 Å². The summed E-state index contributed by atoms with van der Waals surface area (Å²) in [6.07, 6.45) is 2.15. The first kappa shape index (κ1) is 17.6. The summed E-state index contributed by atoms with van der Waals surface area (Å²) >= 11 is 1.73. The summed E-state index contributed by atoms with van der Waals surface area (Å²) in [7, 11) is 0. The highest BCUT2D eigenvalue weighted by molar-refractivity contribution is 7.18. The van der Waals surface area contributed by atoms with Crippen molar-refractivity contribution >= 4 is 39.1 Å². The molecule has 4 N–H and O–H groups in total. The molecule has 0 spiro atoms. The molecule has 2 aromatic carbocycles. The predicted octanol–water partition coefficient (Wildman–Crippen LogP) is 1.75. The summed E-state index contributed by atoms with van der Waals surface area (Å²) in [5.74, 6) is -0.516. The Morgan fingerprint density at radius 3 is 2.70 bits per heavy atom. The highest BCUT2D eigenvalue weighted by atomic mass is 32.1. The molecule has 2 heterocycles. The Balaban J connectivity index is 1.43. The van der Waals surface area contributed by atoms with Gasteiger partial charge in [-0.15, -0.1) is 11.3 Å². The molecule has 1 aromatic heterocycles. The Kier molecular flexibility index (Phi) is 4.87. The number of para-hydroxylation sites is 1. The third-order valence-electron chi connectivity index (χ3n) is 4.93. The topological polar surface area (TPSA) is 89.5 Å². The normalized spacial score (nSPS) is 19.3. The molecular formula is C20H21N4O2S+. The van der Waals surface area contributed by atoms with Crippen molar-refractivity contribution in [2.75, 3.05) is 18.4 Å². The Morgan fingerprint density at radius 1 is 1.19 bits per heavy atom. The monoisotopic (exact) mass is 381 g/mol. The molecule has 1 unspecified atom stereocenters. The minimum absolute atomic E-state index is 0.0372. The van der Waals surface area contributed by atoms with Gasteiger partial charge in [-0.2, -0.15) is 0 Å².